The topological polar surface area (TPSA) is 97.1 Å². The van der Waals surface area contributed by atoms with Crippen LogP contribution in [-0.2, 0) is 10.5 Å². The van der Waals surface area contributed by atoms with Crippen molar-refractivity contribution in [1.29, 1.82) is 5.26 Å². The van der Waals surface area contributed by atoms with Crippen molar-refractivity contribution in [2.24, 2.45) is 0 Å². The minimum absolute atomic E-state index is 0.0834. The van der Waals surface area contributed by atoms with E-state index in [2.05, 4.69) is 15.5 Å². The average Bonchev–Trinajstić information content (AvgIpc) is 3.23. The summed E-state index contributed by atoms with van der Waals surface area (Å²) in [7, 11) is 1.50. The van der Waals surface area contributed by atoms with E-state index in [0.29, 0.717) is 26.7 Å². The predicted octanol–water partition coefficient (Wildman–Crippen LogP) is 4.53. The van der Waals surface area contributed by atoms with E-state index >= 15 is 0 Å². The van der Waals surface area contributed by atoms with Crippen molar-refractivity contribution in [2.75, 3.05) is 19.0 Å². The number of thioether (sulfide) groups is 1. The zero-order valence-corrected chi connectivity index (χ0v) is 18.0. The summed E-state index contributed by atoms with van der Waals surface area (Å²) in [6.07, 6.45) is 2.99. The summed E-state index contributed by atoms with van der Waals surface area (Å²) in [5.41, 5.74) is 1.69. The second kappa shape index (κ2) is 11.1. The molecule has 1 N–H and O–H groups in total. The number of halogens is 1. The molecule has 3 aromatic rings. The summed E-state index contributed by atoms with van der Waals surface area (Å²) < 4.78 is 24.2. The van der Waals surface area contributed by atoms with Crippen LogP contribution in [0.5, 0.6) is 11.5 Å². The van der Waals surface area contributed by atoms with E-state index < -0.39 is 0 Å². The van der Waals surface area contributed by atoms with Gasteiger partial charge < -0.3 is 9.47 Å². The average molecular weight is 457 g/mol. The summed E-state index contributed by atoms with van der Waals surface area (Å²) in [6.45, 7) is -0.0834. The van der Waals surface area contributed by atoms with Gasteiger partial charge in [0.25, 0.3) is 0 Å². The van der Waals surface area contributed by atoms with E-state index in [1.807, 2.05) is 6.07 Å². The molecule has 10 heteroatoms. The first-order chi connectivity index (χ1) is 15.1. The van der Waals surface area contributed by atoms with Crippen LogP contribution in [0.2, 0.25) is 0 Å². The predicted molar refractivity (Wildman–Crippen MR) is 118 cm³/mol. The SMILES string of the molecule is COc1cc(/C=C/C(=O)Nc2nnc(SCc3ccc(F)cc3)s2)ccc1OCC#N. The monoisotopic (exact) mass is 456 g/mol. The van der Waals surface area contributed by atoms with Crippen LogP contribution in [0.4, 0.5) is 9.52 Å². The molecule has 0 unspecified atom stereocenters. The molecule has 1 heterocycles. The number of amides is 1. The lowest BCUT2D eigenvalue weighted by atomic mass is 10.2. The maximum absolute atomic E-state index is 13.0. The lowest BCUT2D eigenvalue weighted by molar-refractivity contribution is -0.111. The molecule has 7 nitrogen and oxygen atoms in total. The molecule has 0 spiro atoms. The van der Waals surface area contributed by atoms with Gasteiger partial charge in [0.15, 0.2) is 22.4 Å². The molecular weight excluding hydrogens is 439 g/mol. The molecular formula is C21H17FN4O3S2. The van der Waals surface area contributed by atoms with Gasteiger partial charge in [-0.3, -0.25) is 10.1 Å². The molecule has 2 aromatic carbocycles. The first kappa shape index (κ1) is 22.3. The third-order valence-electron chi connectivity index (χ3n) is 3.82. The minimum Gasteiger partial charge on any atom is -0.493 e. The van der Waals surface area contributed by atoms with Crippen molar-refractivity contribution in [1.82, 2.24) is 10.2 Å². The van der Waals surface area contributed by atoms with E-state index in [1.54, 1.807) is 36.4 Å². The Balaban J connectivity index is 1.54. The van der Waals surface area contributed by atoms with Crippen LogP contribution in [0.1, 0.15) is 11.1 Å². The molecule has 31 heavy (non-hydrogen) atoms. The van der Waals surface area contributed by atoms with Crippen LogP contribution in [0.15, 0.2) is 52.9 Å². The van der Waals surface area contributed by atoms with Gasteiger partial charge in [0.05, 0.1) is 7.11 Å². The lowest BCUT2D eigenvalue weighted by Crippen LogP contribution is -2.07. The smallest absolute Gasteiger partial charge is 0.250 e. The fraction of sp³-hybridized carbons (Fsp3) is 0.143. The number of nitrogens with one attached hydrogen (secondary N) is 1. The Kier molecular flexibility index (Phi) is 7.98. The molecule has 0 bridgehead atoms. The number of ether oxygens (including phenoxy) is 2. The molecule has 0 aliphatic carbocycles. The highest BCUT2D eigenvalue weighted by Gasteiger charge is 2.08. The zero-order valence-electron chi connectivity index (χ0n) is 16.4. The van der Waals surface area contributed by atoms with Gasteiger partial charge in [-0.05, 0) is 41.5 Å². The van der Waals surface area contributed by atoms with Gasteiger partial charge in [0, 0.05) is 11.8 Å². The number of aromatic nitrogens is 2. The highest BCUT2D eigenvalue weighted by molar-refractivity contribution is 8.00. The van der Waals surface area contributed by atoms with Crippen LogP contribution >= 0.6 is 23.1 Å². The van der Waals surface area contributed by atoms with Crippen LogP contribution in [-0.4, -0.2) is 29.8 Å². The lowest BCUT2D eigenvalue weighted by Gasteiger charge is -2.08. The number of carbonyl (C=O) groups excluding carboxylic acids is 1. The fourth-order valence-electron chi connectivity index (χ4n) is 2.38. The van der Waals surface area contributed by atoms with E-state index in [9.17, 15) is 9.18 Å². The van der Waals surface area contributed by atoms with Gasteiger partial charge in [-0.1, -0.05) is 41.3 Å². The van der Waals surface area contributed by atoms with E-state index in [-0.39, 0.29) is 18.3 Å². The summed E-state index contributed by atoms with van der Waals surface area (Å²) in [4.78, 5) is 12.2. The van der Waals surface area contributed by atoms with Crippen LogP contribution < -0.4 is 14.8 Å². The Labute approximate surface area is 186 Å². The number of nitrogens with zero attached hydrogens (tertiary/aromatic N) is 3. The molecule has 1 aromatic heterocycles. The number of rotatable bonds is 9. The summed E-state index contributed by atoms with van der Waals surface area (Å²) in [5, 5.41) is 19.7. The summed E-state index contributed by atoms with van der Waals surface area (Å²) in [5.74, 6) is 0.910. The quantitative estimate of drug-likeness (QED) is 0.287. The van der Waals surface area contributed by atoms with Crippen LogP contribution in [0.25, 0.3) is 6.08 Å². The molecule has 158 valence electrons. The van der Waals surface area contributed by atoms with Crippen LogP contribution in [0.3, 0.4) is 0 Å². The second-order valence-corrected chi connectivity index (χ2v) is 8.17. The van der Waals surface area contributed by atoms with E-state index in [1.165, 1.54) is 48.4 Å². The highest BCUT2D eigenvalue weighted by Crippen LogP contribution is 2.29. The molecule has 0 aliphatic heterocycles. The number of methoxy groups -OCH3 is 1. The third kappa shape index (κ3) is 6.80. The third-order valence-corrected chi connectivity index (χ3v) is 5.86. The maximum atomic E-state index is 13.0. The maximum Gasteiger partial charge on any atom is 0.250 e. The molecule has 3 rings (SSSR count). The Morgan fingerprint density at radius 2 is 2.06 bits per heavy atom. The Hall–Kier alpha value is -3.42. The normalized spacial score (nSPS) is 10.6. The van der Waals surface area contributed by atoms with Crippen molar-refractivity contribution >= 4 is 40.2 Å². The molecule has 0 saturated carbocycles. The van der Waals surface area contributed by atoms with Crippen molar-refractivity contribution in [3.05, 3.63) is 65.5 Å². The molecule has 0 fully saturated rings. The Morgan fingerprint density at radius 1 is 1.26 bits per heavy atom. The molecule has 0 radical (unpaired) electrons. The van der Waals surface area contributed by atoms with Crippen molar-refractivity contribution in [3.63, 3.8) is 0 Å². The van der Waals surface area contributed by atoms with Gasteiger partial charge in [-0.2, -0.15) is 5.26 Å². The molecule has 1 amide bonds. The van der Waals surface area contributed by atoms with Gasteiger partial charge in [-0.15, -0.1) is 10.2 Å². The van der Waals surface area contributed by atoms with Gasteiger partial charge in [-0.25, -0.2) is 4.39 Å². The largest absolute Gasteiger partial charge is 0.493 e. The first-order valence-corrected chi connectivity index (χ1v) is 10.7. The molecule has 0 saturated heterocycles. The summed E-state index contributed by atoms with van der Waals surface area (Å²) in [6, 6.07) is 13.3. The van der Waals surface area contributed by atoms with Crippen molar-refractivity contribution < 1.29 is 18.7 Å². The number of benzene rings is 2. The highest BCUT2D eigenvalue weighted by atomic mass is 32.2. The number of hydrogen-bond donors (Lipinski definition) is 1. The van der Waals surface area contributed by atoms with Gasteiger partial charge in [0.1, 0.15) is 11.9 Å². The van der Waals surface area contributed by atoms with E-state index in [0.717, 1.165) is 11.1 Å². The van der Waals surface area contributed by atoms with Crippen molar-refractivity contribution in [3.8, 4) is 17.6 Å². The zero-order chi connectivity index (χ0) is 22.1. The Morgan fingerprint density at radius 3 is 2.81 bits per heavy atom. The van der Waals surface area contributed by atoms with Gasteiger partial charge >= 0.3 is 0 Å². The Bertz CT molecular complexity index is 1110. The molecule has 0 atom stereocenters. The second-order valence-electron chi connectivity index (χ2n) is 5.97. The number of nitriles is 1. The van der Waals surface area contributed by atoms with Crippen molar-refractivity contribution in [2.45, 2.75) is 10.1 Å². The fourth-order valence-corrected chi connectivity index (χ4v) is 4.09. The first-order valence-electron chi connectivity index (χ1n) is 8.95. The summed E-state index contributed by atoms with van der Waals surface area (Å²) >= 11 is 2.71. The number of hydrogen-bond acceptors (Lipinski definition) is 8. The van der Waals surface area contributed by atoms with Gasteiger partial charge in [0.2, 0.25) is 11.0 Å². The van der Waals surface area contributed by atoms with Crippen LogP contribution in [0, 0.1) is 17.1 Å². The standard InChI is InChI=1S/C21H17FN4O3S2/c1-28-18-12-14(4-8-17(18)29-11-10-23)5-9-19(27)24-20-25-26-21(31-20)30-13-15-2-6-16(22)7-3-15/h2-9,12H,11,13H2,1H3,(H,24,25,27)/b9-5+. The minimum atomic E-state index is -0.352. The van der Waals surface area contributed by atoms with E-state index in [4.69, 9.17) is 14.7 Å². The number of carbonyl (C=O) groups is 1. The number of anilines is 1. The molecule has 0 aliphatic rings.